The molecule has 0 bridgehead atoms. The minimum Gasteiger partial charge on any atom is -0.321 e. The summed E-state index contributed by atoms with van der Waals surface area (Å²) in [6.07, 6.45) is 2.20. The maximum atomic E-state index is 6.23. The van der Waals surface area contributed by atoms with E-state index in [9.17, 15) is 0 Å². The Kier molecular flexibility index (Phi) is 1.91. The van der Waals surface area contributed by atoms with Crippen molar-refractivity contribution in [1.29, 1.82) is 0 Å². The van der Waals surface area contributed by atoms with Gasteiger partial charge in [0.15, 0.2) is 0 Å². The molecule has 2 N–H and O–H groups in total. The predicted molar refractivity (Wildman–Crippen MR) is 66.7 cm³/mol. The van der Waals surface area contributed by atoms with Crippen LogP contribution in [-0.2, 0) is 5.54 Å². The molecule has 1 aliphatic carbocycles. The van der Waals surface area contributed by atoms with Crippen LogP contribution in [0.4, 0.5) is 0 Å². The van der Waals surface area contributed by atoms with Gasteiger partial charge in [-0.2, -0.15) is 0 Å². The van der Waals surface area contributed by atoms with E-state index in [0.29, 0.717) is 0 Å². The van der Waals surface area contributed by atoms with Gasteiger partial charge in [-0.1, -0.05) is 36.4 Å². The van der Waals surface area contributed by atoms with Crippen molar-refractivity contribution in [2.75, 3.05) is 0 Å². The Morgan fingerprint density at radius 2 is 1.80 bits per heavy atom. The Hall–Kier alpha value is -0.860. The Labute approximate surface area is 97.4 Å². The van der Waals surface area contributed by atoms with Gasteiger partial charge >= 0.3 is 0 Å². The summed E-state index contributed by atoms with van der Waals surface area (Å²) in [7, 11) is 0. The summed E-state index contributed by atoms with van der Waals surface area (Å²) in [5.74, 6) is 0. The average Bonchev–Trinajstić information content (AvgIpc) is 2.98. The van der Waals surface area contributed by atoms with E-state index in [0.717, 1.165) is 12.8 Å². The van der Waals surface area contributed by atoms with Gasteiger partial charge in [-0.05, 0) is 45.1 Å². The van der Waals surface area contributed by atoms with Crippen LogP contribution < -0.4 is 5.73 Å². The van der Waals surface area contributed by atoms with Crippen molar-refractivity contribution in [2.45, 2.75) is 18.4 Å². The summed E-state index contributed by atoms with van der Waals surface area (Å²) in [4.78, 5) is 0. The largest absolute Gasteiger partial charge is 0.321 e. The van der Waals surface area contributed by atoms with Crippen LogP contribution in [0.25, 0.3) is 10.8 Å². The smallest absolute Gasteiger partial charge is 0.0422 e. The van der Waals surface area contributed by atoms with E-state index in [1.165, 1.54) is 20.8 Å². The molecule has 0 radical (unpaired) electrons. The molecule has 1 aliphatic rings. The fraction of sp³-hybridized carbons (Fsp3) is 0.231. The van der Waals surface area contributed by atoms with Crippen LogP contribution in [0.5, 0.6) is 0 Å². The molecule has 0 saturated heterocycles. The molecule has 0 heterocycles. The molecule has 1 nitrogen and oxygen atoms in total. The van der Waals surface area contributed by atoms with Gasteiger partial charge in [-0.25, -0.2) is 0 Å². The first-order valence-electron chi connectivity index (χ1n) is 5.17. The second kappa shape index (κ2) is 3.06. The first kappa shape index (κ1) is 9.37. The Morgan fingerprint density at radius 3 is 2.53 bits per heavy atom. The maximum Gasteiger partial charge on any atom is 0.0422 e. The third kappa shape index (κ3) is 1.40. The monoisotopic (exact) mass is 261 g/mol. The number of fused-ring (bicyclic) bond motifs is 1. The molecule has 3 rings (SSSR count). The van der Waals surface area contributed by atoms with Crippen LogP contribution in [0.15, 0.2) is 40.9 Å². The molecule has 0 aliphatic heterocycles. The zero-order valence-electron chi connectivity index (χ0n) is 8.33. The van der Waals surface area contributed by atoms with Crippen LogP contribution in [0.2, 0.25) is 0 Å². The zero-order chi connectivity index (χ0) is 10.5. The average molecular weight is 262 g/mol. The highest BCUT2D eigenvalue weighted by atomic mass is 79.9. The minimum atomic E-state index is -0.0666. The van der Waals surface area contributed by atoms with Crippen molar-refractivity contribution >= 4 is 26.7 Å². The van der Waals surface area contributed by atoms with Crippen molar-refractivity contribution in [3.05, 3.63) is 46.4 Å². The van der Waals surface area contributed by atoms with Gasteiger partial charge in [0.1, 0.15) is 0 Å². The van der Waals surface area contributed by atoms with Crippen LogP contribution in [-0.4, -0.2) is 0 Å². The standard InChI is InChI=1S/C13H12BrN/c14-12-10-4-2-1-3-9(10)5-6-11(12)13(15)7-8-13/h1-6H,7-8,15H2. The summed E-state index contributed by atoms with van der Waals surface area (Å²) in [5, 5.41) is 2.52. The normalized spacial score (nSPS) is 18.0. The topological polar surface area (TPSA) is 26.0 Å². The first-order chi connectivity index (χ1) is 7.21. The zero-order valence-corrected chi connectivity index (χ0v) is 9.92. The molecule has 0 unspecified atom stereocenters. The van der Waals surface area contributed by atoms with Crippen molar-refractivity contribution in [2.24, 2.45) is 5.73 Å². The number of nitrogens with two attached hydrogens (primary N) is 1. The van der Waals surface area contributed by atoms with Crippen molar-refractivity contribution in [3.63, 3.8) is 0 Å². The molecular formula is C13H12BrN. The van der Waals surface area contributed by atoms with Crippen LogP contribution in [0, 0.1) is 0 Å². The fourth-order valence-corrected chi connectivity index (χ4v) is 2.91. The lowest BCUT2D eigenvalue weighted by molar-refractivity contribution is 0.737. The Balaban J connectivity index is 2.30. The van der Waals surface area contributed by atoms with E-state index in [1.807, 2.05) is 0 Å². The van der Waals surface area contributed by atoms with Crippen molar-refractivity contribution in [1.82, 2.24) is 0 Å². The van der Waals surface area contributed by atoms with Crippen LogP contribution in [0.1, 0.15) is 18.4 Å². The summed E-state index contributed by atoms with van der Waals surface area (Å²) in [6, 6.07) is 12.7. The highest BCUT2D eigenvalue weighted by Gasteiger charge is 2.41. The number of halogens is 1. The molecule has 76 valence electrons. The third-order valence-electron chi connectivity index (χ3n) is 3.19. The second-order valence-electron chi connectivity index (χ2n) is 4.30. The maximum absolute atomic E-state index is 6.23. The number of hydrogen-bond acceptors (Lipinski definition) is 1. The van der Waals surface area contributed by atoms with E-state index < -0.39 is 0 Å². The van der Waals surface area contributed by atoms with Crippen molar-refractivity contribution in [3.8, 4) is 0 Å². The summed E-state index contributed by atoms with van der Waals surface area (Å²) in [6.45, 7) is 0. The van der Waals surface area contributed by atoms with E-state index in [1.54, 1.807) is 0 Å². The molecule has 2 heteroatoms. The van der Waals surface area contributed by atoms with Gasteiger partial charge in [-0.3, -0.25) is 0 Å². The number of hydrogen-bond donors (Lipinski definition) is 1. The fourth-order valence-electron chi connectivity index (χ4n) is 2.02. The van der Waals surface area contributed by atoms with Gasteiger partial charge in [0.05, 0.1) is 0 Å². The molecule has 0 atom stereocenters. The molecule has 2 aromatic rings. The molecule has 0 amide bonds. The van der Waals surface area contributed by atoms with Crippen LogP contribution >= 0.6 is 15.9 Å². The number of benzene rings is 2. The van der Waals surface area contributed by atoms with Gasteiger partial charge in [0, 0.05) is 10.0 Å². The summed E-state index contributed by atoms with van der Waals surface area (Å²) in [5.41, 5.74) is 7.41. The molecule has 2 aromatic carbocycles. The third-order valence-corrected chi connectivity index (χ3v) is 4.04. The molecule has 0 aromatic heterocycles. The highest BCUT2D eigenvalue weighted by Crippen LogP contribution is 2.47. The molecule has 0 spiro atoms. The Bertz CT molecular complexity index is 529. The first-order valence-corrected chi connectivity index (χ1v) is 5.97. The van der Waals surface area contributed by atoms with Gasteiger partial charge in [-0.15, -0.1) is 0 Å². The van der Waals surface area contributed by atoms with Gasteiger partial charge in [0.2, 0.25) is 0 Å². The quantitative estimate of drug-likeness (QED) is 0.835. The summed E-state index contributed by atoms with van der Waals surface area (Å²) >= 11 is 3.68. The highest BCUT2D eigenvalue weighted by molar-refractivity contribution is 9.10. The minimum absolute atomic E-state index is 0.0666. The Morgan fingerprint density at radius 1 is 1.07 bits per heavy atom. The molecule has 15 heavy (non-hydrogen) atoms. The van der Waals surface area contributed by atoms with Gasteiger partial charge < -0.3 is 5.73 Å². The van der Waals surface area contributed by atoms with E-state index in [-0.39, 0.29) is 5.54 Å². The van der Waals surface area contributed by atoms with Crippen molar-refractivity contribution < 1.29 is 0 Å². The second-order valence-corrected chi connectivity index (χ2v) is 5.10. The molecule has 1 saturated carbocycles. The lowest BCUT2D eigenvalue weighted by atomic mass is 10.0. The lowest BCUT2D eigenvalue weighted by Crippen LogP contribution is -2.19. The predicted octanol–water partition coefficient (Wildman–Crippen LogP) is 3.55. The summed E-state index contributed by atoms with van der Waals surface area (Å²) < 4.78 is 1.17. The van der Waals surface area contributed by atoms with Gasteiger partial charge in [0.25, 0.3) is 0 Å². The lowest BCUT2D eigenvalue weighted by Gasteiger charge is -2.13. The van der Waals surface area contributed by atoms with Crippen LogP contribution in [0.3, 0.4) is 0 Å². The number of rotatable bonds is 1. The SMILES string of the molecule is NC1(c2ccc3ccccc3c2Br)CC1. The van der Waals surface area contributed by atoms with E-state index in [4.69, 9.17) is 5.73 Å². The van der Waals surface area contributed by atoms with E-state index in [2.05, 4.69) is 52.3 Å². The van der Waals surface area contributed by atoms with E-state index >= 15 is 0 Å². The molecular weight excluding hydrogens is 250 g/mol. The molecule has 1 fully saturated rings.